The third-order valence-corrected chi connectivity index (χ3v) is 2.87. The third kappa shape index (κ3) is 2.99. The molecular formula is C13H18ClNO. The minimum absolute atomic E-state index is 0.00562. The van der Waals surface area contributed by atoms with Crippen molar-refractivity contribution < 1.29 is 4.79 Å². The van der Waals surface area contributed by atoms with Gasteiger partial charge >= 0.3 is 0 Å². The average Bonchev–Trinajstić information content (AvgIpc) is 2.16. The van der Waals surface area contributed by atoms with E-state index in [1.54, 1.807) is 0 Å². The minimum Gasteiger partial charge on any atom is -0.346 e. The van der Waals surface area contributed by atoms with Gasteiger partial charge in [0.25, 0.3) is 0 Å². The van der Waals surface area contributed by atoms with Gasteiger partial charge in [0, 0.05) is 0 Å². The summed E-state index contributed by atoms with van der Waals surface area (Å²) in [7, 11) is 0. The van der Waals surface area contributed by atoms with Crippen molar-refractivity contribution >= 4 is 17.5 Å². The Labute approximate surface area is 102 Å². The lowest BCUT2D eigenvalue weighted by molar-refractivity contribution is -0.120. The van der Waals surface area contributed by atoms with Crippen LogP contribution in [0.4, 0.5) is 0 Å². The number of alkyl halides is 1. The van der Waals surface area contributed by atoms with Crippen LogP contribution < -0.4 is 5.32 Å². The number of carbonyl (C=O) groups is 1. The Morgan fingerprint density at radius 3 is 2.50 bits per heavy atom. The number of amides is 1. The third-order valence-electron chi connectivity index (χ3n) is 2.63. The monoisotopic (exact) mass is 239 g/mol. The molecule has 16 heavy (non-hydrogen) atoms. The van der Waals surface area contributed by atoms with Crippen LogP contribution in [0.25, 0.3) is 0 Å². The minimum atomic E-state index is -0.385. The molecule has 0 saturated carbocycles. The molecule has 0 bridgehead atoms. The number of rotatable bonds is 3. The second-order valence-electron chi connectivity index (χ2n) is 4.63. The van der Waals surface area contributed by atoms with Crippen molar-refractivity contribution in [3.63, 3.8) is 0 Å². The smallest absolute Gasteiger partial charge is 0.235 e. The van der Waals surface area contributed by atoms with Crippen LogP contribution in [-0.4, -0.2) is 11.8 Å². The number of carbonyl (C=O) groups excluding carboxylic acids is 1. The van der Waals surface area contributed by atoms with E-state index in [-0.39, 0.29) is 17.3 Å². The average molecular weight is 240 g/mol. The van der Waals surface area contributed by atoms with Gasteiger partial charge in [-0.1, -0.05) is 23.8 Å². The van der Waals surface area contributed by atoms with Crippen LogP contribution in [0.5, 0.6) is 0 Å². The molecule has 88 valence electrons. The quantitative estimate of drug-likeness (QED) is 0.808. The fourth-order valence-corrected chi connectivity index (χ4v) is 2.03. The van der Waals surface area contributed by atoms with Crippen molar-refractivity contribution in [2.45, 2.75) is 33.2 Å². The lowest BCUT2D eigenvalue weighted by atomic mass is 9.89. The maximum absolute atomic E-state index is 11.3. The van der Waals surface area contributed by atoms with Crippen LogP contribution in [0.15, 0.2) is 18.2 Å². The van der Waals surface area contributed by atoms with Gasteiger partial charge in [0.1, 0.15) is 5.88 Å². The lowest BCUT2D eigenvalue weighted by Crippen LogP contribution is -2.42. The molecule has 1 amide bonds. The molecule has 0 aromatic heterocycles. The van der Waals surface area contributed by atoms with Gasteiger partial charge < -0.3 is 5.32 Å². The van der Waals surface area contributed by atoms with Gasteiger partial charge in [0.05, 0.1) is 5.54 Å². The molecule has 0 saturated heterocycles. The van der Waals surface area contributed by atoms with E-state index in [1.165, 1.54) is 11.1 Å². The summed E-state index contributed by atoms with van der Waals surface area (Å²) in [5, 5.41) is 2.91. The summed E-state index contributed by atoms with van der Waals surface area (Å²) in [6.07, 6.45) is 0. The Bertz CT molecular complexity index is 399. The summed E-state index contributed by atoms with van der Waals surface area (Å²) in [4.78, 5) is 11.3. The Hall–Kier alpha value is -1.02. The van der Waals surface area contributed by atoms with E-state index in [1.807, 2.05) is 13.8 Å². The van der Waals surface area contributed by atoms with E-state index >= 15 is 0 Å². The predicted octanol–water partition coefficient (Wildman–Crippen LogP) is 2.89. The predicted molar refractivity (Wildman–Crippen MR) is 67.8 cm³/mol. The van der Waals surface area contributed by atoms with Gasteiger partial charge in [-0.25, -0.2) is 0 Å². The molecule has 0 radical (unpaired) electrons. The lowest BCUT2D eigenvalue weighted by Gasteiger charge is -2.28. The molecule has 1 aromatic rings. The van der Waals surface area contributed by atoms with Crippen LogP contribution in [0.3, 0.4) is 0 Å². The SMILES string of the molecule is Cc1ccc(C(C)(C)NC(=O)CCl)c(C)c1. The van der Waals surface area contributed by atoms with Gasteiger partial charge in [0.15, 0.2) is 0 Å². The molecule has 0 unspecified atom stereocenters. The van der Waals surface area contributed by atoms with E-state index in [2.05, 4.69) is 37.4 Å². The second kappa shape index (κ2) is 4.88. The van der Waals surface area contributed by atoms with Crippen molar-refractivity contribution in [3.8, 4) is 0 Å². The Morgan fingerprint density at radius 1 is 1.38 bits per heavy atom. The highest BCUT2D eigenvalue weighted by atomic mass is 35.5. The van der Waals surface area contributed by atoms with Crippen molar-refractivity contribution in [2.75, 3.05) is 5.88 Å². The first-order valence-corrected chi connectivity index (χ1v) is 5.85. The zero-order valence-corrected chi connectivity index (χ0v) is 11.0. The summed E-state index contributed by atoms with van der Waals surface area (Å²) in [6, 6.07) is 6.22. The number of hydrogen-bond acceptors (Lipinski definition) is 1. The Kier molecular flexibility index (Phi) is 3.98. The first kappa shape index (κ1) is 13.0. The van der Waals surface area contributed by atoms with Crippen molar-refractivity contribution in [1.82, 2.24) is 5.32 Å². The van der Waals surface area contributed by atoms with Crippen LogP contribution in [-0.2, 0) is 10.3 Å². The van der Waals surface area contributed by atoms with E-state index in [0.717, 1.165) is 5.56 Å². The highest BCUT2D eigenvalue weighted by molar-refractivity contribution is 6.27. The van der Waals surface area contributed by atoms with Crippen LogP contribution >= 0.6 is 11.6 Å². The first-order chi connectivity index (χ1) is 7.36. The first-order valence-electron chi connectivity index (χ1n) is 5.31. The molecule has 0 aliphatic heterocycles. The molecule has 1 rings (SSSR count). The largest absolute Gasteiger partial charge is 0.346 e. The van der Waals surface area contributed by atoms with E-state index < -0.39 is 0 Å². The molecule has 0 heterocycles. The molecular weight excluding hydrogens is 222 g/mol. The van der Waals surface area contributed by atoms with E-state index in [9.17, 15) is 4.79 Å². The number of benzene rings is 1. The zero-order valence-electron chi connectivity index (χ0n) is 10.2. The maximum Gasteiger partial charge on any atom is 0.235 e. The normalized spacial score (nSPS) is 11.3. The molecule has 0 aliphatic rings. The Morgan fingerprint density at radius 2 is 2.00 bits per heavy atom. The number of hydrogen-bond donors (Lipinski definition) is 1. The van der Waals surface area contributed by atoms with Crippen molar-refractivity contribution in [3.05, 3.63) is 34.9 Å². The Balaban J connectivity index is 3.02. The summed E-state index contributed by atoms with van der Waals surface area (Å²) in [5.74, 6) is -0.152. The molecule has 2 nitrogen and oxygen atoms in total. The fraction of sp³-hybridized carbons (Fsp3) is 0.462. The highest BCUT2D eigenvalue weighted by Crippen LogP contribution is 2.24. The highest BCUT2D eigenvalue weighted by Gasteiger charge is 2.23. The number of aryl methyl sites for hydroxylation is 2. The maximum atomic E-state index is 11.3. The van der Waals surface area contributed by atoms with E-state index in [4.69, 9.17) is 11.6 Å². The molecule has 3 heteroatoms. The van der Waals surface area contributed by atoms with Gasteiger partial charge in [-0.2, -0.15) is 0 Å². The fourth-order valence-electron chi connectivity index (χ4n) is 1.96. The summed E-state index contributed by atoms with van der Waals surface area (Å²) < 4.78 is 0. The van der Waals surface area contributed by atoms with Crippen LogP contribution in [0.2, 0.25) is 0 Å². The van der Waals surface area contributed by atoms with Crippen molar-refractivity contribution in [1.29, 1.82) is 0 Å². The van der Waals surface area contributed by atoms with Gasteiger partial charge in [-0.15, -0.1) is 11.6 Å². The summed E-state index contributed by atoms with van der Waals surface area (Å²) in [5.41, 5.74) is 3.14. The summed E-state index contributed by atoms with van der Waals surface area (Å²) in [6.45, 7) is 8.07. The van der Waals surface area contributed by atoms with Crippen molar-refractivity contribution in [2.24, 2.45) is 0 Å². The van der Waals surface area contributed by atoms with Gasteiger partial charge in [-0.05, 0) is 38.8 Å². The van der Waals surface area contributed by atoms with Gasteiger partial charge in [-0.3, -0.25) is 4.79 Å². The molecule has 0 fully saturated rings. The topological polar surface area (TPSA) is 29.1 Å². The molecule has 1 N–H and O–H groups in total. The molecule has 1 aromatic carbocycles. The van der Waals surface area contributed by atoms with Crippen LogP contribution in [0, 0.1) is 13.8 Å². The second-order valence-corrected chi connectivity index (χ2v) is 4.89. The van der Waals surface area contributed by atoms with Crippen LogP contribution in [0.1, 0.15) is 30.5 Å². The standard InChI is InChI=1S/C13H18ClNO/c1-9-5-6-11(10(2)7-9)13(3,4)15-12(16)8-14/h5-7H,8H2,1-4H3,(H,15,16). The van der Waals surface area contributed by atoms with E-state index in [0.29, 0.717) is 0 Å². The molecule has 0 spiro atoms. The van der Waals surface area contributed by atoms with Gasteiger partial charge in [0.2, 0.25) is 5.91 Å². The molecule has 0 aliphatic carbocycles. The molecule has 0 atom stereocenters. The zero-order chi connectivity index (χ0) is 12.3. The number of nitrogens with one attached hydrogen (secondary N) is 1. The number of halogens is 1. The summed E-state index contributed by atoms with van der Waals surface area (Å²) >= 11 is 5.50.